The maximum Gasteiger partial charge on any atom is 0.519 e. The molecular formula is C20H23N3O3S2. The van der Waals surface area contributed by atoms with Crippen molar-refractivity contribution < 1.29 is 14.3 Å². The Kier molecular flexibility index (Phi) is 7.45. The molecule has 6 nitrogen and oxygen atoms in total. The Morgan fingerprint density at radius 1 is 1.18 bits per heavy atom. The van der Waals surface area contributed by atoms with E-state index in [0.717, 1.165) is 0 Å². The highest BCUT2D eigenvalue weighted by Crippen LogP contribution is 2.25. The average Bonchev–Trinajstić information content (AvgIpc) is 2.67. The van der Waals surface area contributed by atoms with Crippen molar-refractivity contribution in [2.24, 2.45) is 10.9 Å². The number of hydrogen-bond donors (Lipinski definition) is 3. The molecule has 2 aromatic carbocycles. The average molecular weight is 418 g/mol. The number of carbonyl (C=O) groups excluding carboxylic acids is 1. The number of ether oxygens (including phenoxy) is 2. The summed E-state index contributed by atoms with van der Waals surface area (Å²) in [6, 6.07) is 13.6. The van der Waals surface area contributed by atoms with E-state index in [9.17, 15) is 4.79 Å². The minimum Gasteiger partial charge on any atom is -0.395 e. The van der Waals surface area contributed by atoms with E-state index in [-0.39, 0.29) is 9.74 Å². The summed E-state index contributed by atoms with van der Waals surface area (Å²) < 4.78 is 10.4. The fraction of sp³-hybridized carbons (Fsp3) is 0.200. The predicted molar refractivity (Wildman–Crippen MR) is 118 cm³/mol. The van der Waals surface area contributed by atoms with Crippen LogP contribution in [0.3, 0.4) is 0 Å². The molecule has 0 spiro atoms. The van der Waals surface area contributed by atoms with E-state index in [0.29, 0.717) is 34.9 Å². The zero-order valence-electron chi connectivity index (χ0n) is 15.7. The van der Waals surface area contributed by atoms with Crippen LogP contribution in [-0.4, -0.2) is 22.4 Å². The Hall–Kier alpha value is -2.55. The largest absolute Gasteiger partial charge is 0.519 e. The molecule has 5 N–H and O–H groups in total. The molecule has 0 unspecified atom stereocenters. The molecule has 0 aliphatic heterocycles. The third kappa shape index (κ3) is 6.26. The normalized spacial score (nSPS) is 10.8. The van der Waals surface area contributed by atoms with Gasteiger partial charge >= 0.3 is 6.16 Å². The molecule has 28 heavy (non-hydrogen) atoms. The van der Waals surface area contributed by atoms with Crippen LogP contribution in [-0.2, 0) is 0 Å². The molecule has 2 rings (SSSR count). The highest BCUT2D eigenvalue weighted by molar-refractivity contribution is 7.98. The maximum atomic E-state index is 12.2. The maximum absolute atomic E-state index is 12.2. The summed E-state index contributed by atoms with van der Waals surface area (Å²) in [6.07, 6.45) is -0.860. The lowest BCUT2D eigenvalue weighted by Crippen LogP contribution is -2.32. The lowest BCUT2D eigenvalue weighted by molar-refractivity contribution is 0.151. The second kappa shape index (κ2) is 9.59. The molecule has 0 bridgehead atoms. The molecule has 8 heteroatoms. The van der Waals surface area contributed by atoms with Crippen LogP contribution < -0.4 is 25.7 Å². The van der Waals surface area contributed by atoms with E-state index >= 15 is 0 Å². The van der Waals surface area contributed by atoms with Gasteiger partial charge in [0.05, 0.1) is 0 Å². The molecule has 0 radical (unpaired) electrons. The molecule has 0 aliphatic carbocycles. The van der Waals surface area contributed by atoms with Gasteiger partial charge in [-0.3, -0.25) is 5.14 Å². The van der Waals surface area contributed by atoms with Crippen LogP contribution in [0.5, 0.6) is 11.5 Å². The quantitative estimate of drug-likeness (QED) is 0.258. The molecule has 0 saturated heterocycles. The van der Waals surface area contributed by atoms with Crippen molar-refractivity contribution in [2.45, 2.75) is 18.6 Å². The SMILES string of the molecule is C=C(NCC(C)(C)SN)c1ccccc1OC(=O)Oc1ccc(C(N)=S)cc1. The summed E-state index contributed by atoms with van der Waals surface area (Å²) >= 11 is 6.15. The smallest absolute Gasteiger partial charge is 0.395 e. The number of rotatable bonds is 8. The fourth-order valence-corrected chi connectivity index (χ4v) is 2.45. The van der Waals surface area contributed by atoms with Crippen LogP contribution in [0.25, 0.3) is 5.70 Å². The van der Waals surface area contributed by atoms with Crippen LogP contribution >= 0.6 is 24.2 Å². The first-order valence-corrected chi connectivity index (χ1v) is 9.70. The minimum atomic E-state index is -0.860. The Morgan fingerprint density at radius 3 is 2.43 bits per heavy atom. The molecule has 0 atom stereocenters. The first kappa shape index (κ1) is 21.7. The molecule has 0 heterocycles. The standard InChI is InChI=1S/C20H23N3O3S2/c1-13(23-12-20(2,3)28-22)16-6-4-5-7-17(16)26-19(24)25-15-10-8-14(9-11-15)18(21)27/h4-11,23H,1,12,22H2,2-3H3,(H2,21,27). The molecule has 0 fully saturated rings. The number of nitrogens with one attached hydrogen (secondary N) is 1. The van der Waals surface area contributed by atoms with E-state index in [2.05, 4.69) is 11.9 Å². The fourth-order valence-electron chi connectivity index (χ4n) is 2.16. The monoisotopic (exact) mass is 417 g/mol. The molecule has 0 aromatic heterocycles. The molecular weight excluding hydrogens is 394 g/mol. The Balaban J connectivity index is 2.04. The van der Waals surface area contributed by atoms with Crippen LogP contribution in [0.15, 0.2) is 55.1 Å². The number of carbonyl (C=O) groups is 1. The summed E-state index contributed by atoms with van der Waals surface area (Å²) in [5.74, 6) is 0.657. The summed E-state index contributed by atoms with van der Waals surface area (Å²) in [7, 11) is 0. The van der Waals surface area contributed by atoms with Gasteiger partial charge in [0.2, 0.25) is 0 Å². The van der Waals surface area contributed by atoms with E-state index in [4.69, 9.17) is 32.6 Å². The number of nitrogens with two attached hydrogens (primary N) is 2. The second-order valence-corrected chi connectivity index (χ2v) is 8.33. The lowest BCUT2D eigenvalue weighted by atomic mass is 10.1. The Morgan fingerprint density at radius 2 is 1.82 bits per heavy atom. The van der Waals surface area contributed by atoms with Crippen LogP contribution in [0.4, 0.5) is 4.79 Å². The van der Waals surface area contributed by atoms with Crippen molar-refractivity contribution in [1.29, 1.82) is 0 Å². The number of benzene rings is 2. The van der Waals surface area contributed by atoms with Crippen molar-refractivity contribution in [3.05, 3.63) is 66.2 Å². The van der Waals surface area contributed by atoms with Crippen molar-refractivity contribution in [2.75, 3.05) is 6.54 Å². The predicted octanol–water partition coefficient (Wildman–Crippen LogP) is 3.84. The minimum absolute atomic E-state index is 0.171. The molecule has 0 aliphatic rings. The highest BCUT2D eigenvalue weighted by Gasteiger charge is 2.18. The van der Waals surface area contributed by atoms with E-state index in [1.807, 2.05) is 19.9 Å². The van der Waals surface area contributed by atoms with Crippen LogP contribution in [0.2, 0.25) is 0 Å². The van der Waals surface area contributed by atoms with Gasteiger partial charge in [0, 0.05) is 28.1 Å². The first-order chi connectivity index (χ1) is 13.2. The second-order valence-electron chi connectivity index (χ2n) is 6.55. The van der Waals surface area contributed by atoms with Gasteiger partial charge < -0.3 is 20.5 Å². The van der Waals surface area contributed by atoms with Gasteiger partial charge in [-0.05, 0) is 50.2 Å². The van der Waals surface area contributed by atoms with Gasteiger partial charge in [0.1, 0.15) is 16.5 Å². The Labute approximate surface area is 174 Å². The first-order valence-electron chi connectivity index (χ1n) is 8.41. The summed E-state index contributed by atoms with van der Waals surface area (Å²) in [4.78, 5) is 12.4. The van der Waals surface area contributed by atoms with Crippen LogP contribution in [0.1, 0.15) is 25.0 Å². The van der Waals surface area contributed by atoms with Crippen molar-refractivity contribution in [3.63, 3.8) is 0 Å². The zero-order chi connectivity index (χ0) is 20.7. The van der Waals surface area contributed by atoms with Gasteiger partial charge in [-0.15, -0.1) is 0 Å². The zero-order valence-corrected chi connectivity index (χ0v) is 17.4. The summed E-state index contributed by atoms with van der Waals surface area (Å²) in [5, 5.41) is 8.89. The third-order valence-electron chi connectivity index (χ3n) is 3.79. The van der Waals surface area contributed by atoms with E-state index in [1.165, 1.54) is 11.9 Å². The third-order valence-corrected chi connectivity index (χ3v) is 4.81. The highest BCUT2D eigenvalue weighted by atomic mass is 32.2. The molecule has 148 valence electrons. The topological polar surface area (TPSA) is 99.6 Å². The van der Waals surface area contributed by atoms with Gasteiger partial charge in [0.25, 0.3) is 0 Å². The van der Waals surface area contributed by atoms with Gasteiger partial charge in [0.15, 0.2) is 0 Å². The van der Waals surface area contributed by atoms with Gasteiger partial charge in [-0.25, -0.2) is 4.79 Å². The molecule has 0 saturated carbocycles. The van der Waals surface area contributed by atoms with E-state index < -0.39 is 6.16 Å². The molecule has 0 amide bonds. The molecule has 2 aromatic rings. The van der Waals surface area contributed by atoms with Crippen molar-refractivity contribution in [1.82, 2.24) is 5.32 Å². The number of thiocarbonyl (C=S) groups is 1. The number of hydrogen-bond acceptors (Lipinski definition) is 7. The lowest BCUT2D eigenvalue weighted by Gasteiger charge is -2.23. The summed E-state index contributed by atoms with van der Waals surface area (Å²) in [5.41, 5.74) is 7.50. The van der Waals surface area contributed by atoms with E-state index in [1.54, 1.807) is 42.5 Å². The summed E-state index contributed by atoms with van der Waals surface area (Å²) in [6.45, 7) is 8.65. The number of para-hydroxylation sites is 1. The Bertz CT molecular complexity index is 867. The van der Waals surface area contributed by atoms with Crippen LogP contribution in [0, 0.1) is 0 Å². The van der Waals surface area contributed by atoms with Gasteiger partial charge in [-0.2, -0.15) is 0 Å². The van der Waals surface area contributed by atoms with Crippen molar-refractivity contribution in [3.8, 4) is 11.5 Å². The van der Waals surface area contributed by atoms with Crippen molar-refractivity contribution >= 4 is 41.0 Å². The van der Waals surface area contributed by atoms with Gasteiger partial charge in [-0.1, -0.05) is 42.9 Å².